The highest BCUT2D eigenvalue weighted by atomic mass is 35.5. The first-order chi connectivity index (χ1) is 16.5. The summed E-state index contributed by atoms with van der Waals surface area (Å²) in [7, 11) is 0. The maximum atomic E-state index is 13.7. The first kappa shape index (κ1) is 29.8. The minimum Gasteiger partial charge on any atom is -0.345 e. The second-order valence-corrected chi connectivity index (χ2v) is 8.97. The highest BCUT2D eigenvalue weighted by molar-refractivity contribution is 6.48. The Kier molecular flexibility index (Phi) is 9.72. The number of amides is 2. The number of alkyl halides is 6. The number of rotatable bonds is 7. The van der Waals surface area contributed by atoms with E-state index in [1.165, 1.54) is 38.1 Å². The summed E-state index contributed by atoms with van der Waals surface area (Å²) >= 11 is 17.6. The third kappa shape index (κ3) is 8.31. The number of benzene rings is 2. The van der Waals surface area contributed by atoms with Crippen molar-refractivity contribution in [2.75, 3.05) is 6.54 Å². The van der Waals surface area contributed by atoms with Crippen molar-refractivity contribution >= 4 is 52.7 Å². The lowest BCUT2D eigenvalue weighted by atomic mass is 9.96. The summed E-state index contributed by atoms with van der Waals surface area (Å²) in [6, 6.07) is 5.02. The summed E-state index contributed by atoms with van der Waals surface area (Å²) in [5.74, 6) is -3.82. The van der Waals surface area contributed by atoms with Gasteiger partial charge in [0.25, 0.3) is 5.91 Å². The Balaban J connectivity index is 2.19. The molecule has 0 saturated heterocycles. The van der Waals surface area contributed by atoms with E-state index in [1.807, 2.05) is 0 Å². The van der Waals surface area contributed by atoms with Gasteiger partial charge in [-0.25, -0.2) is 0 Å². The fourth-order valence-electron chi connectivity index (χ4n) is 3.10. The summed E-state index contributed by atoms with van der Waals surface area (Å²) in [4.78, 5) is 24.2. The van der Waals surface area contributed by atoms with Crippen LogP contribution in [-0.4, -0.2) is 36.8 Å². The summed E-state index contributed by atoms with van der Waals surface area (Å²) in [6.07, 6.45) is -7.17. The fourth-order valence-corrected chi connectivity index (χ4v) is 3.71. The number of carbonyl (C=O) groups excluding carboxylic acids is 2. The Morgan fingerprint density at radius 1 is 1.00 bits per heavy atom. The van der Waals surface area contributed by atoms with Crippen LogP contribution in [0.5, 0.6) is 0 Å². The van der Waals surface area contributed by atoms with E-state index in [0.717, 1.165) is 18.2 Å². The average Bonchev–Trinajstić information content (AvgIpc) is 2.74. The van der Waals surface area contributed by atoms with Crippen molar-refractivity contribution in [2.45, 2.75) is 38.2 Å². The van der Waals surface area contributed by atoms with Crippen molar-refractivity contribution < 1.29 is 35.9 Å². The van der Waals surface area contributed by atoms with Gasteiger partial charge in [-0.3, -0.25) is 9.59 Å². The normalized spacial score (nSPS) is 14.0. The molecule has 1 unspecified atom stereocenters. The molecule has 36 heavy (non-hydrogen) atoms. The fraction of sp³-hybridized carbons (Fsp3) is 0.304. The summed E-state index contributed by atoms with van der Waals surface area (Å²) in [5.41, 5.74) is 0.564. The minimum atomic E-state index is -4.67. The van der Waals surface area contributed by atoms with E-state index in [-0.39, 0.29) is 26.2 Å². The van der Waals surface area contributed by atoms with Gasteiger partial charge in [-0.05, 0) is 48.7 Å². The van der Waals surface area contributed by atoms with Gasteiger partial charge in [-0.15, -0.1) is 0 Å². The molecule has 0 bridgehead atoms. The Bertz CT molecular complexity index is 1140. The Hall–Kier alpha value is -2.43. The maximum absolute atomic E-state index is 13.7. The second-order valence-electron chi connectivity index (χ2n) is 7.78. The van der Waals surface area contributed by atoms with Crippen LogP contribution in [-0.2, 0) is 4.79 Å². The van der Waals surface area contributed by atoms with Crippen LogP contribution in [0, 0.1) is 6.92 Å². The number of hydrogen-bond donors (Lipinski definition) is 2. The lowest BCUT2D eigenvalue weighted by molar-refractivity contribution is -0.139. The zero-order chi connectivity index (χ0) is 27.4. The third-order valence-electron chi connectivity index (χ3n) is 4.90. The molecule has 0 aromatic heterocycles. The molecule has 0 radical (unpaired) electrons. The van der Waals surface area contributed by atoms with Crippen molar-refractivity contribution in [3.05, 3.63) is 73.7 Å². The van der Waals surface area contributed by atoms with Crippen LogP contribution in [0.15, 0.2) is 36.4 Å². The van der Waals surface area contributed by atoms with E-state index < -0.39 is 42.7 Å². The Morgan fingerprint density at radius 3 is 2.08 bits per heavy atom. The molecule has 2 rings (SSSR count). The summed E-state index contributed by atoms with van der Waals surface area (Å²) in [5, 5.41) is 3.61. The van der Waals surface area contributed by atoms with Crippen molar-refractivity contribution in [3.63, 3.8) is 0 Å². The third-order valence-corrected chi connectivity index (χ3v) is 6.09. The van der Waals surface area contributed by atoms with Gasteiger partial charge in [0.2, 0.25) is 5.91 Å². The van der Waals surface area contributed by atoms with E-state index in [4.69, 9.17) is 34.8 Å². The van der Waals surface area contributed by atoms with Gasteiger partial charge < -0.3 is 10.6 Å². The summed E-state index contributed by atoms with van der Waals surface area (Å²) in [6.45, 7) is 1.18. The molecule has 2 aromatic rings. The van der Waals surface area contributed by atoms with Crippen LogP contribution in [0.1, 0.15) is 39.9 Å². The predicted octanol–water partition coefficient (Wildman–Crippen LogP) is 7.11. The molecule has 0 aliphatic heterocycles. The van der Waals surface area contributed by atoms with Gasteiger partial charge in [-0.2, -0.15) is 26.3 Å². The second kappa shape index (κ2) is 11.7. The molecule has 4 nitrogen and oxygen atoms in total. The molecule has 2 atom stereocenters. The Labute approximate surface area is 217 Å². The average molecular weight is 576 g/mol. The summed E-state index contributed by atoms with van der Waals surface area (Å²) < 4.78 is 77.8. The molecule has 2 amide bonds. The molecule has 0 aliphatic rings. The smallest absolute Gasteiger partial charge is 0.345 e. The van der Waals surface area contributed by atoms with E-state index in [0.29, 0.717) is 11.1 Å². The first-order valence-corrected chi connectivity index (χ1v) is 11.3. The largest absolute Gasteiger partial charge is 0.405 e. The van der Waals surface area contributed by atoms with Crippen LogP contribution >= 0.6 is 34.8 Å². The number of aryl methyl sites for hydroxylation is 1. The van der Waals surface area contributed by atoms with Crippen molar-refractivity contribution in [1.29, 1.82) is 0 Å². The SMILES string of the molecule is Cc1cc(/C=C/C(c2cc(Cl)c(Cl)c(Cl)c2)C(F)(F)F)ccc1C(=O)N[C@H](C)C(=O)NCC(F)(F)F. The molecule has 0 fully saturated rings. The lowest BCUT2D eigenvalue weighted by Gasteiger charge is -2.18. The number of allylic oxidation sites excluding steroid dienone is 1. The van der Waals surface area contributed by atoms with Crippen molar-refractivity contribution in [3.8, 4) is 0 Å². The molecule has 2 aromatic carbocycles. The van der Waals surface area contributed by atoms with Crippen LogP contribution in [0.4, 0.5) is 26.3 Å². The van der Waals surface area contributed by atoms with Crippen LogP contribution in [0.2, 0.25) is 15.1 Å². The Morgan fingerprint density at radius 2 is 1.58 bits per heavy atom. The predicted molar refractivity (Wildman–Crippen MR) is 126 cm³/mol. The van der Waals surface area contributed by atoms with Crippen LogP contribution in [0.3, 0.4) is 0 Å². The first-order valence-electron chi connectivity index (χ1n) is 10.1. The van der Waals surface area contributed by atoms with Gasteiger partial charge in [0.15, 0.2) is 0 Å². The minimum absolute atomic E-state index is 0.0661. The van der Waals surface area contributed by atoms with Crippen molar-refractivity contribution in [2.24, 2.45) is 0 Å². The molecule has 196 valence electrons. The molecule has 0 spiro atoms. The zero-order valence-electron chi connectivity index (χ0n) is 18.6. The van der Waals surface area contributed by atoms with E-state index in [2.05, 4.69) is 5.32 Å². The van der Waals surface area contributed by atoms with Gasteiger partial charge >= 0.3 is 12.4 Å². The van der Waals surface area contributed by atoms with Crippen molar-refractivity contribution in [1.82, 2.24) is 10.6 Å². The molecule has 0 saturated carbocycles. The van der Waals surface area contributed by atoms with Gasteiger partial charge in [0, 0.05) is 5.56 Å². The number of halogens is 9. The van der Waals surface area contributed by atoms with E-state index in [1.54, 1.807) is 5.32 Å². The highest BCUT2D eigenvalue weighted by Crippen LogP contribution is 2.41. The topological polar surface area (TPSA) is 58.2 Å². The lowest BCUT2D eigenvalue weighted by Crippen LogP contribution is -2.47. The molecular formula is C23H19Cl3F6N2O2. The van der Waals surface area contributed by atoms with Crippen LogP contribution < -0.4 is 10.6 Å². The van der Waals surface area contributed by atoms with E-state index >= 15 is 0 Å². The molecule has 2 N–H and O–H groups in total. The molecule has 13 heteroatoms. The van der Waals surface area contributed by atoms with Gasteiger partial charge in [0.05, 0.1) is 21.0 Å². The quantitative estimate of drug-likeness (QED) is 0.273. The van der Waals surface area contributed by atoms with E-state index in [9.17, 15) is 35.9 Å². The monoisotopic (exact) mass is 574 g/mol. The molecule has 0 heterocycles. The van der Waals surface area contributed by atoms with Crippen LogP contribution in [0.25, 0.3) is 6.08 Å². The molecular weight excluding hydrogens is 557 g/mol. The highest BCUT2D eigenvalue weighted by Gasteiger charge is 2.39. The van der Waals surface area contributed by atoms with Gasteiger partial charge in [0.1, 0.15) is 12.6 Å². The molecule has 0 aliphatic carbocycles. The van der Waals surface area contributed by atoms with Gasteiger partial charge in [-0.1, -0.05) is 59.1 Å². The zero-order valence-corrected chi connectivity index (χ0v) is 20.9. The number of hydrogen-bond acceptors (Lipinski definition) is 2. The number of carbonyl (C=O) groups is 2. The maximum Gasteiger partial charge on any atom is 0.405 e. The standard InChI is InChI=1S/C23H19Cl3F6N2O2/c1-11-7-13(3-5-15(11)21(36)34-12(2)20(35)33-10-22(27,28)29)4-6-16(23(30,31)32)14-8-17(24)19(26)18(25)9-14/h3-9,12,16H,10H2,1-2H3,(H,33,35)(H,34,36)/b6-4+/t12-,16?/m1/s1. The number of nitrogens with one attached hydrogen (secondary N) is 2.